The Hall–Kier alpha value is -1.26. The number of rotatable bonds is 6. The summed E-state index contributed by atoms with van der Waals surface area (Å²) < 4.78 is 0. The van der Waals surface area contributed by atoms with Crippen molar-refractivity contribution in [3.63, 3.8) is 0 Å². The van der Waals surface area contributed by atoms with Gasteiger partial charge in [-0.25, -0.2) is 4.79 Å². The van der Waals surface area contributed by atoms with Gasteiger partial charge in [-0.3, -0.25) is 4.79 Å². The summed E-state index contributed by atoms with van der Waals surface area (Å²) in [6, 6.07) is -0.260. The van der Waals surface area contributed by atoms with E-state index in [4.69, 9.17) is 5.11 Å². The van der Waals surface area contributed by atoms with Crippen LogP contribution in [0.3, 0.4) is 0 Å². The first-order valence-corrected chi connectivity index (χ1v) is 7.64. The van der Waals surface area contributed by atoms with Crippen molar-refractivity contribution in [3.05, 3.63) is 0 Å². The zero-order valence-corrected chi connectivity index (χ0v) is 12.9. The fraction of sp³-hybridized carbons (Fsp3) is 0.867. The van der Waals surface area contributed by atoms with Crippen molar-refractivity contribution in [1.82, 2.24) is 10.6 Å². The Morgan fingerprint density at radius 3 is 2.45 bits per heavy atom. The molecule has 5 heteroatoms. The SMILES string of the molecule is CCC(C)(CNC(=O)NCC1CCCCC1C)C(=O)O. The maximum absolute atomic E-state index is 11.8. The van der Waals surface area contributed by atoms with Crippen LogP contribution in [-0.2, 0) is 4.79 Å². The van der Waals surface area contributed by atoms with Gasteiger partial charge in [-0.1, -0.05) is 33.1 Å². The number of carbonyl (C=O) groups excluding carboxylic acids is 1. The minimum absolute atomic E-state index is 0.158. The molecule has 0 aliphatic heterocycles. The van der Waals surface area contributed by atoms with Crippen molar-refractivity contribution < 1.29 is 14.7 Å². The average Bonchev–Trinajstić information content (AvgIpc) is 2.43. The number of carboxylic acid groups (broad SMARTS) is 1. The minimum atomic E-state index is -0.893. The first kappa shape index (κ1) is 16.8. The molecule has 0 aromatic carbocycles. The Morgan fingerprint density at radius 1 is 1.25 bits per heavy atom. The monoisotopic (exact) mass is 284 g/mol. The number of urea groups is 1. The number of hydrogen-bond acceptors (Lipinski definition) is 2. The van der Waals surface area contributed by atoms with E-state index in [1.807, 2.05) is 6.92 Å². The maximum atomic E-state index is 11.8. The molecule has 116 valence electrons. The van der Waals surface area contributed by atoms with E-state index >= 15 is 0 Å². The highest BCUT2D eigenvalue weighted by Gasteiger charge is 2.31. The van der Waals surface area contributed by atoms with Crippen LogP contribution in [0.1, 0.15) is 52.9 Å². The molecular formula is C15H28N2O3. The van der Waals surface area contributed by atoms with E-state index in [-0.39, 0.29) is 12.6 Å². The predicted molar refractivity (Wildman–Crippen MR) is 78.6 cm³/mol. The third kappa shape index (κ3) is 4.69. The molecule has 0 spiro atoms. The summed E-state index contributed by atoms with van der Waals surface area (Å²) in [5, 5.41) is 14.7. The van der Waals surface area contributed by atoms with E-state index in [1.54, 1.807) is 6.92 Å². The van der Waals surface area contributed by atoms with Crippen molar-refractivity contribution in [2.24, 2.45) is 17.3 Å². The Kier molecular flexibility index (Phi) is 6.30. The molecule has 0 aromatic heterocycles. The molecular weight excluding hydrogens is 256 g/mol. The Labute approximate surface area is 121 Å². The predicted octanol–water partition coefficient (Wildman–Crippen LogP) is 2.61. The summed E-state index contributed by atoms with van der Waals surface area (Å²) in [5.41, 5.74) is -0.893. The molecule has 1 aliphatic carbocycles. The molecule has 0 aromatic rings. The molecule has 1 saturated carbocycles. The van der Waals surface area contributed by atoms with Gasteiger partial charge in [0.1, 0.15) is 0 Å². The molecule has 3 unspecified atom stereocenters. The Morgan fingerprint density at radius 2 is 1.90 bits per heavy atom. The highest BCUT2D eigenvalue weighted by molar-refractivity contribution is 5.77. The molecule has 1 aliphatic rings. The number of amides is 2. The molecule has 0 saturated heterocycles. The maximum Gasteiger partial charge on any atom is 0.314 e. The quantitative estimate of drug-likeness (QED) is 0.701. The van der Waals surface area contributed by atoms with Crippen LogP contribution >= 0.6 is 0 Å². The van der Waals surface area contributed by atoms with Crippen molar-refractivity contribution in [2.45, 2.75) is 52.9 Å². The second kappa shape index (κ2) is 7.50. The van der Waals surface area contributed by atoms with E-state index in [0.717, 1.165) is 0 Å². The van der Waals surface area contributed by atoms with E-state index in [9.17, 15) is 9.59 Å². The lowest BCUT2D eigenvalue weighted by atomic mass is 9.80. The fourth-order valence-corrected chi connectivity index (χ4v) is 2.61. The van der Waals surface area contributed by atoms with Crippen molar-refractivity contribution in [1.29, 1.82) is 0 Å². The van der Waals surface area contributed by atoms with Gasteiger partial charge in [0.2, 0.25) is 0 Å². The van der Waals surface area contributed by atoms with Crippen LogP contribution in [0.5, 0.6) is 0 Å². The summed E-state index contributed by atoms with van der Waals surface area (Å²) in [4.78, 5) is 22.9. The second-order valence-corrected chi connectivity index (χ2v) is 6.30. The Balaban J connectivity index is 2.31. The number of aliphatic carboxylic acids is 1. The summed E-state index contributed by atoms with van der Waals surface area (Å²) >= 11 is 0. The molecule has 0 heterocycles. The van der Waals surface area contributed by atoms with Crippen LogP contribution in [0.25, 0.3) is 0 Å². The third-order valence-electron chi connectivity index (χ3n) is 4.75. The first-order chi connectivity index (χ1) is 9.39. The summed E-state index contributed by atoms with van der Waals surface area (Å²) in [5.74, 6) is 0.330. The molecule has 0 radical (unpaired) electrons. The average molecular weight is 284 g/mol. The van der Waals surface area contributed by atoms with Crippen molar-refractivity contribution in [3.8, 4) is 0 Å². The van der Waals surface area contributed by atoms with Crippen LogP contribution in [-0.4, -0.2) is 30.2 Å². The van der Waals surface area contributed by atoms with E-state index in [2.05, 4.69) is 17.6 Å². The van der Waals surface area contributed by atoms with Gasteiger partial charge in [0.15, 0.2) is 0 Å². The van der Waals surface area contributed by atoms with E-state index < -0.39 is 11.4 Å². The molecule has 20 heavy (non-hydrogen) atoms. The van der Waals surface area contributed by atoms with Gasteiger partial charge in [-0.2, -0.15) is 0 Å². The summed E-state index contributed by atoms with van der Waals surface area (Å²) in [6.07, 6.45) is 5.43. The fourth-order valence-electron chi connectivity index (χ4n) is 2.61. The highest BCUT2D eigenvalue weighted by Crippen LogP contribution is 2.28. The van der Waals surface area contributed by atoms with Gasteiger partial charge in [0, 0.05) is 13.1 Å². The first-order valence-electron chi connectivity index (χ1n) is 7.64. The molecule has 3 N–H and O–H groups in total. The zero-order chi connectivity index (χ0) is 15.2. The molecule has 3 atom stereocenters. The molecule has 5 nitrogen and oxygen atoms in total. The van der Waals surface area contributed by atoms with E-state index in [1.165, 1.54) is 25.7 Å². The summed E-state index contributed by atoms with van der Waals surface area (Å²) in [6.45, 7) is 6.55. The zero-order valence-electron chi connectivity index (χ0n) is 12.9. The number of carboxylic acids is 1. The largest absolute Gasteiger partial charge is 0.481 e. The lowest BCUT2D eigenvalue weighted by Gasteiger charge is -2.29. The number of hydrogen-bond donors (Lipinski definition) is 3. The highest BCUT2D eigenvalue weighted by atomic mass is 16.4. The van der Waals surface area contributed by atoms with Gasteiger partial charge in [-0.05, 0) is 31.6 Å². The minimum Gasteiger partial charge on any atom is -0.481 e. The Bertz CT molecular complexity index is 346. The van der Waals surface area contributed by atoms with Gasteiger partial charge in [0.05, 0.1) is 5.41 Å². The number of nitrogens with one attached hydrogen (secondary N) is 2. The van der Waals surface area contributed by atoms with E-state index in [0.29, 0.717) is 24.8 Å². The van der Waals surface area contributed by atoms with Gasteiger partial charge in [-0.15, -0.1) is 0 Å². The lowest BCUT2D eigenvalue weighted by Crippen LogP contribution is -2.46. The van der Waals surface area contributed by atoms with Gasteiger partial charge in [0.25, 0.3) is 0 Å². The lowest BCUT2D eigenvalue weighted by molar-refractivity contribution is -0.147. The molecule has 0 bridgehead atoms. The molecule has 1 fully saturated rings. The summed E-state index contributed by atoms with van der Waals surface area (Å²) in [7, 11) is 0. The van der Waals surface area contributed by atoms with Crippen LogP contribution in [0.15, 0.2) is 0 Å². The number of carbonyl (C=O) groups is 2. The van der Waals surface area contributed by atoms with Gasteiger partial charge < -0.3 is 15.7 Å². The third-order valence-corrected chi connectivity index (χ3v) is 4.75. The van der Waals surface area contributed by atoms with Crippen molar-refractivity contribution >= 4 is 12.0 Å². The normalized spacial score (nSPS) is 25.6. The smallest absolute Gasteiger partial charge is 0.314 e. The second-order valence-electron chi connectivity index (χ2n) is 6.30. The molecule has 1 rings (SSSR count). The van der Waals surface area contributed by atoms with Crippen LogP contribution in [0.4, 0.5) is 4.79 Å². The van der Waals surface area contributed by atoms with Gasteiger partial charge >= 0.3 is 12.0 Å². The van der Waals surface area contributed by atoms with Crippen molar-refractivity contribution in [2.75, 3.05) is 13.1 Å². The standard InChI is InChI=1S/C15H28N2O3/c1-4-15(3,13(18)19)10-17-14(20)16-9-12-8-6-5-7-11(12)2/h11-12H,4-10H2,1-3H3,(H,18,19)(H2,16,17,20). The van der Waals surface area contributed by atoms with Crippen LogP contribution in [0.2, 0.25) is 0 Å². The topological polar surface area (TPSA) is 78.4 Å². The van der Waals surface area contributed by atoms with Crippen LogP contribution in [0, 0.1) is 17.3 Å². The van der Waals surface area contributed by atoms with Crippen LogP contribution < -0.4 is 10.6 Å². The molecule has 2 amide bonds.